The number of amides is 2. The number of halogens is 1. The van der Waals surface area contributed by atoms with Crippen molar-refractivity contribution in [3.63, 3.8) is 0 Å². The SMILES string of the molecule is CC(CCCO)N1C(=O)c2cccc(Cl)c2C1=O. The van der Waals surface area contributed by atoms with Gasteiger partial charge >= 0.3 is 0 Å². The molecule has 0 aliphatic carbocycles. The van der Waals surface area contributed by atoms with Crippen molar-refractivity contribution in [2.24, 2.45) is 0 Å². The zero-order valence-corrected chi connectivity index (χ0v) is 10.8. The predicted molar refractivity (Wildman–Crippen MR) is 67.7 cm³/mol. The number of rotatable bonds is 4. The van der Waals surface area contributed by atoms with Gasteiger partial charge in [0.25, 0.3) is 11.8 Å². The summed E-state index contributed by atoms with van der Waals surface area (Å²) in [5.41, 5.74) is 0.656. The summed E-state index contributed by atoms with van der Waals surface area (Å²) >= 11 is 5.96. The second-order valence-electron chi connectivity index (χ2n) is 4.36. The Morgan fingerprint density at radius 3 is 2.67 bits per heavy atom. The van der Waals surface area contributed by atoms with Crippen LogP contribution in [0.3, 0.4) is 0 Å². The molecular weight excluding hydrogens is 254 g/mol. The van der Waals surface area contributed by atoms with Gasteiger partial charge < -0.3 is 5.11 Å². The maximum Gasteiger partial charge on any atom is 0.263 e. The number of hydrogen-bond acceptors (Lipinski definition) is 3. The second kappa shape index (κ2) is 5.08. The fourth-order valence-corrected chi connectivity index (χ4v) is 2.43. The number of hydrogen-bond donors (Lipinski definition) is 1. The molecule has 0 saturated carbocycles. The van der Waals surface area contributed by atoms with E-state index in [2.05, 4.69) is 0 Å². The molecule has 1 aliphatic rings. The summed E-state index contributed by atoms with van der Waals surface area (Å²) in [5.74, 6) is -0.644. The van der Waals surface area contributed by atoms with Crippen LogP contribution in [0.1, 0.15) is 40.5 Å². The Labute approximate surface area is 110 Å². The van der Waals surface area contributed by atoms with E-state index in [4.69, 9.17) is 16.7 Å². The van der Waals surface area contributed by atoms with E-state index in [1.54, 1.807) is 25.1 Å². The number of imide groups is 1. The van der Waals surface area contributed by atoms with Gasteiger partial charge in [0.05, 0.1) is 16.1 Å². The monoisotopic (exact) mass is 267 g/mol. The molecule has 2 amide bonds. The van der Waals surface area contributed by atoms with Crippen LogP contribution in [0.15, 0.2) is 18.2 Å². The first-order valence-corrected chi connectivity index (χ1v) is 6.23. The van der Waals surface area contributed by atoms with Gasteiger partial charge in [0.1, 0.15) is 0 Å². The van der Waals surface area contributed by atoms with Gasteiger partial charge in [-0.1, -0.05) is 17.7 Å². The number of carbonyl (C=O) groups excluding carboxylic acids is 2. The molecule has 18 heavy (non-hydrogen) atoms. The van der Waals surface area contributed by atoms with Crippen molar-refractivity contribution in [1.29, 1.82) is 0 Å². The lowest BCUT2D eigenvalue weighted by Gasteiger charge is -2.22. The number of carbonyl (C=O) groups is 2. The van der Waals surface area contributed by atoms with E-state index in [0.29, 0.717) is 29.0 Å². The van der Waals surface area contributed by atoms with Crippen molar-refractivity contribution in [2.75, 3.05) is 6.61 Å². The van der Waals surface area contributed by atoms with Crippen LogP contribution in [0.2, 0.25) is 5.02 Å². The van der Waals surface area contributed by atoms with Gasteiger partial charge in [0.2, 0.25) is 0 Å². The average molecular weight is 268 g/mol. The molecule has 0 fully saturated rings. The molecule has 4 nitrogen and oxygen atoms in total. The minimum atomic E-state index is -0.342. The van der Waals surface area contributed by atoms with E-state index in [-0.39, 0.29) is 24.5 Å². The largest absolute Gasteiger partial charge is 0.396 e. The third-order valence-electron chi connectivity index (χ3n) is 3.12. The minimum Gasteiger partial charge on any atom is -0.396 e. The summed E-state index contributed by atoms with van der Waals surface area (Å²) in [6.07, 6.45) is 1.14. The van der Waals surface area contributed by atoms with Crippen LogP contribution >= 0.6 is 11.6 Å². The number of nitrogens with zero attached hydrogens (tertiary/aromatic N) is 1. The van der Waals surface area contributed by atoms with Crippen LogP contribution in [0.25, 0.3) is 0 Å². The van der Waals surface area contributed by atoms with Crippen LogP contribution in [0.4, 0.5) is 0 Å². The zero-order valence-electron chi connectivity index (χ0n) is 10.0. The molecule has 1 aromatic carbocycles. The molecule has 5 heteroatoms. The van der Waals surface area contributed by atoms with Crippen molar-refractivity contribution in [1.82, 2.24) is 4.90 Å². The zero-order chi connectivity index (χ0) is 13.3. The maximum atomic E-state index is 12.2. The Hall–Kier alpha value is -1.39. The van der Waals surface area contributed by atoms with E-state index in [1.807, 2.05) is 0 Å². The van der Waals surface area contributed by atoms with Gasteiger partial charge in [-0.3, -0.25) is 14.5 Å². The lowest BCUT2D eigenvalue weighted by Crippen LogP contribution is -2.38. The number of fused-ring (bicyclic) bond motifs is 1. The summed E-state index contributed by atoms with van der Waals surface area (Å²) in [4.78, 5) is 25.6. The predicted octanol–water partition coefficient (Wildman–Crippen LogP) is 2.10. The molecule has 1 heterocycles. The first-order valence-electron chi connectivity index (χ1n) is 5.85. The fourth-order valence-electron chi connectivity index (χ4n) is 2.18. The molecule has 0 saturated heterocycles. The Morgan fingerprint density at radius 2 is 2.06 bits per heavy atom. The van der Waals surface area contributed by atoms with E-state index in [9.17, 15) is 9.59 Å². The Morgan fingerprint density at radius 1 is 1.33 bits per heavy atom. The molecule has 1 atom stereocenters. The molecule has 1 aromatic rings. The molecule has 0 bridgehead atoms. The quantitative estimate of drug-likeness (QED) is 0.850. The van der Waals surface area contributed by atoms with E-state index in [0.717, 1.165) is 0 Å². The van der Waals surface area contributed by atoms with Crippen LogP contribution in [0.5, 0.6) is 0 Å². The third-order valence-corrected chi connectivity index (χ3v) is 3.43. The Bertz CT molecular complexity index is 501. The van der Waals surface area contributed by atoms with Gasteiger partial charge in [0, 0.05) is 12.6 Å². The molecule has 1 unspecified atom stereocenters. The smallest absolute Gasteiger partial charge is 0.263 e. The summed E-state index contributed by atoms with van der Waals surface area (Å²) in [5, 5.41) is 9.11. The van der Waals surface area contributed by atoms with E-state index < -0.39 is 0 Å². The van der Waals surface area contributed by atoms with Gasteiger partial charge in [-0.05, 0) is 31.9 Å². The fraction of sp³-hybridized carbons (Fsp3) is 0.385. The van der Waals surface area contributed by atoms with Crippen molar-refractivity contribution < 1.29 is 14.7 Å². The van der Waals surface area contributed by atoms with Gasteiger partial charge in [-0.15, -0.1) is 0 Å². The molecule has 1 N–H and O–H groups in total. The number of benzene rings is 1. The first kappa shape index (κ1) is 13.1. The van der Waals surface area contributed by atoms with Crippen LogP contribution < -0.4 is 0 Å². The normalized spacial score (nSPS) is 16.1. The van der Waals surface area contributed by atoms with Crippen LogP contribution in [-0.4, -0.2) is 34.5 Å². The summed E-state index contributed by atoms with van der Waals surface area (Å²) in [6, 6.07) is 4.64. The highest BCUT2D eigenvalue weighted by Crippen LogP contribution is 2.30. The van der Waals surface area contributed by atoms with Crippen molar-refractivity contribution in [3.05, 3.63) is 34.3 Å². The van der Waals surface area contributed by atoms with Gasteiger partial charge in [0.15, 0.2) is 0 Å². The molecular formula is C13H14ClNO3. The van der Waals surface area contributed by atoms with E-state index in [1.165, 1.54) is 4.90 Å². The van der Waals surface area contributed by atoms with Gasteiger partial charge in [-0.25, -0.2) is 0 Å². The number of aliphatic hydroxyl groups is 1. The van der Waals surface area contributed by atoms with Crippen molar-refractivity contribution >= 4 is 23.4 Å². The Balaban J connectivity index is 2.31. The molecule has 0 aromatic heterocycles. The topological polar surface area (TPSA) is 57.6 Å². The van der Waals surface area contributed by atoms with E-state index >= 15 is 0 Å². The summed E-state index contributed by atoms with van der Waals surface area (Å²) < 4.78 is 0. The molecule has 0 radical (unpaired) electrons. The summed E-state index contributed by atoms with van der Waals surface area (Å²) in [6.45, 7) is 1.85. The maximum absolute atomic E-state index is 12.2. The second-order valence-corrected chi connectivity index (χ2v) is 4.76. The lowest BCUT2D eigenvalue weighted by atomic mass is 10.1. The number of aliphatic hydroxyl groups excluding tert-OH is 1. The standard InChI is InChI=1S/C13H14ClNO3/c1-8(4-3-7-16)15-12(17)9-5-2-6-10(14)11(9)13(15)18/h2,5-6,8,16H,3-4,7H2,1H3. The Kier molecular flexibility index (Phi) is 3.68. The average Bonchev–Trinajstić information content (AvgIpc) is 2.60. The van der Waals surface area contributed by atoms with Crippen molar-refractivity contribution in [3.8, 4) is 0 Å². The molecule has 1 aliphatic heterocycles. The van der Waals surface area contributed by atoms with Crippen LogP contribution in [0, 0.1) is 0 Å². The molecule has 2 rings (SSSR count). The minimum absolute atomic E-state index is 0.0499. The van der Waals surface area contributed by atoms with Gasteiger partial charge in [-0.2, -0.15) is 0 Å². The molecule has 0 spiro atoms. The first-order chi connectivity index (χ1) is 8.57. The third kappa shape index (κ3) is 2.02. The molecule has 96 valence electrons. The highest BCUT2D eigenvalue weighted by atomic mass is 35.5. The van der Waals surface area contributed by atoms with Crippen LogP contribution in [-0.2, 0) is 0 Å². The highest BCUT2D eigenvalue weighted by Gasteiger charge is 2.39. The lowest BCUT2D eigenvalue weighted by molar-refractivity contribution is 0.0584. The van der Waals surface area contributed by atoms with Crippen molar-refractivity contribution in [2.45, 2.75) is 25.8 Å². The highest BCUT2D eigenvalue weighted by molar-refractivity contribution is 6.37. The summed E-state index contributed by atoms with van der Waals surface area (Å²) in [7, 11) is 0.